The van der Waals surface area contributed by atoms with Crippen molar-refractivity contribution < 1.29 is 18.4 Å². The number of nitro groups is 1. The van der Waals surface area contributed by atoms with E-state index in [-0.39, 0.29) is 29.4 Å². The first kappa shape index (κ1) is 15.3. The average Bonchev–Trinajstić information content (AvgIpc) is 2.38. The fourth-order valence-electron chi connectivity index (χ4n) is 1.39. The molecule has 0 radical (unpaired) electrons. The van der Waals surface area contributed by atoms with Gasteiger partial charge in [0.25, 0.3) is 5.69 Å². The standard InChI is InChI=1S/C9H14N4O5S/c1-12(4-5-14)19(17,18)9-6-7(13(15)16)2-3-8(9)11-10/h2-3,6,11,14H,4-5,10H2,1H3. The number of nitrogens with one attached hydrogen (secondary N) is 1. The van der Waals surface area contributed by atoms with Crippen molar-refractivity contribution in [1.82, 2.24) is 4.31 Å². The van der Waals surface area contributed by atoms with E-state index in [1.54, 1.807) is 0 Å². The van der Waals surface area contributed by atoms with Crippen LogP contribution in [0.15, 0.2) is 23.1 Å². The molecule has 0 atom stereocenters. The van der Waals surface area contributed by atoms with Crippen LogP contribution in [0.3, 0.4) is 0 Å². The first-order valence-electron chi connectivity index (χ1n) is 5.17. The molecular formula is C9H14N4O5S. The Labute approximate surface area is 109 Å². The van der Waals surface area contributed by atoms with Gasteiger partial charge in [-0.25, -0.2) is 8.42 Å². The summed E-state index contributed by atoms with van der Waals surface area (Å²) < 4.78 is 25.2. The lowest BCUT2D eigenvalue weighted by Gasteiger charge is -2.17. The summed E-state index contributed by atoms with van der Waals surface area (Å²) in [5, 5.41) is 19.4. The maximum absolute atomic E-state index is 12.2. The number of hydrazine groups is 1. The molecule has 0 aliphatic heterocycles. The van der Waals surface area contributed by atoms with Crippen molar-refractivity contribution in [2.75, 3.05) is 25.6 Å². The highest BCUT2D eigenvalue weighted by atomic mass is 32.2. The van der Waals surface area contributed by atoms with Gasteiger partial charge in [0.1, 0.15) is 4.90 Å². The van der Waals surface area contributed by atoms with Crippen LogP contribution in [-0.2, 0) is 10.0 Å². The zero-order valence-electron chi connectivity index (χ0n) is 10.1. The van der Waals surface area contributed by atoms with Gasteiger partial charge in [0, 0.05) is 25.7 Å². The molecule has 19 heavy (non-hydrogen) atoms. The zero-order valence-corrected chi connectivity index (χ0v) is 10.9. The van der Waals surface area contributed by atoms with Crippen LogP contribution in [0.5, 0.6) is 0 Å². The molecule has 1 aromatic rings. The highest BCUT2D eigenvalue weighted by molar-refractivity contribution is 7.89. The molecule has 1 aromatic carbocycles. The second kappa shape index (κ2) is 5.93. The van der Waals surface area contributed by atoms with Crippen LogP contribution in [0.1, 0.15) is 0 Å². The molecule has 0 spiro atoms. The summed E-state index contributed by atoms with van der Waals surface area (Å²) in [7, 11) is -2.72. The van der Waals surface area contributed by atoms with E-state index in [1.165, 1.54) is 13.1 Å². The number of hydrogen-bond acceptors (Lipinski definition) is 7. The van der Waals surface area contributed by atoms with Crippen LogP contribution >= 0.6 is 0 Å². The van der Waals surface area contributed by atoms with Crippen LogP contribution in [0.4, 0.5) is 11.4 Å². The number of hydrogen-bond donors (Lipinski definition) is 3. The number of nitrogens with two attached hydrogens (primary N) is 1. The second-order valence-electron chi connectivity index (χ2n) is 3.63. The van der Waals surface area contributed by atoms with Gasteiger partial charge < -0.3 is 10.5 Å². The largest absolute Gasteiger partial charge is 0.395 e. The Morgan fingerprint density at radius 2 is 2.16 bits per heavy atom. The van der Waals surface area contributed by atoms with Gasteiger partial charge >= 0.3 is 0 Å². The molecule has 9 nitrogen and oxygen atoms in total. The Balaban J connectivity index is 3.38. The minimum atomic E-state index is -3.97. The smallest absolute Gasteiger partial charge is 0.270 e. The Bertz CT molecular complexity index is 574. The van der Waals surface area contributed by atoms with E-state index in [0.717, 1.165) is 16.4 Å². The molecule has 4 N–H and O–H groups in total. The van der Waals surface area contributed by atoms with Gasteiger partial charge in [-0.1, -0.05) is 0 Å². The lowest BCUT2D eigenvalue weighted by atomic mass is 10.3. The van der Waals surface area contributed by atoms with E-state index in [9.17, 15) is 18.5 Å². The SMILES string of the molecule is CN(CCO)S(=O)(=O)c1cc([N+](=O)[O-])ccc1NN. The molecule has 1 rings (SSSR count). The maximum atomic E-state index is 12.2. The number of aliphatic hydroxyl groups is 1. The van der Waals surface area contributed by atoms with Crippen molar-refractivity contribution in [2.24, 2.45) is 5.84 Å². The van der Waals surface area contributed by atoms with E-state index in [0.29, 0.717) is 0 Å². The van der Waals surface area contributed by atoms with Crippen molar-refractivity contribution in [2.45, 2.75) is 4.90 Å². The number of benzene rings is 1. The van der Waals surface area contributed by atoms with Crippen molar-refractivity contribution in [3.05, 3.63) is 28.3 Å². The number of anilines is 1. The average molecular weight is 290 g/mol. The van der Waals surface area contributed by atoms with E-state index in [1.807, 2.05) is 0 Å². The summed E-state index contributed by atoms with van der Waals surface area (Å²) in [6.45, 7) is -0.495. The van der Waals surface area contributed by atoms with Crippen molar-refractivity contribution in [1.29, 1.82) is 0 Å². The maximum Gasteiger partial charge on any atom is 0.270 e. The number of sulfonamides is 1. The molecule has 0 saturated carbocycles. The van der Waals surface area contributed by atoms with E-state index in [4.69, 9.17) is 10.9 Å². The van der Waals surface area contributed by atoms with Crippen LogP contribution < -0.4 is 11.3 Å². The minimum Gasteiger partial charge on any atom is -0.395 e. The lowest BCUT2D eigenvalue weighted by molar-refractivity contribution is -0.385. The minimum absolute atomic E-state index is 0.0374. The Morgan fingerprint density at radius 1 is 1.53 bits per heavy atom. The first-order chi connectivity index (χ1) is 8.84. The molecule has 0 aliphatic carbocycles. The third-order valence-corrected chi connectivity index (χ3v) is 4.33. The number of nitrogens with zero attached hydrogens (tertiary/aromatic N) is 2. The van der Waals surface area contributed by atoms with Crippen molar-refractivity contribution in [3.63, 3.8) is 0 Å². The number of rotatable bonds is 6. The molecule has 106 valence electrons. The summed E-state index contributed by atoms with van der Waals surface area (Å²) in [5.74, 6) is 5.20. The predicted molar refractivity (Wildman–Crippen MR) is 67.8 cm³/mol. The quantitative estimate of drug-likeness (QED) is 0.364. The number of non-ortho nitro benzene ring substituents is 1. The lowest BCUT2D eigenvalue weighted by Crippen LogP contribution is -2.30. The number of aliphatic hydroxyl groups excluding tert-OH is 1. The molecule has 0 heterocycles. The molecule has 0 bridgehead atoms. The van der Waals surface area contributed by atoms with E-state index < -0.39 is 14.9 Å². The third-order valence-electron chi connectivity index (χ3n) is 2.43. The number of nitro benzene ring substituents is 1. The fourth-order valence-corrected chi connectivity index (χ4v) is 2.72. The topological polar surface area (TPSA) is 139 Å². The van der Waals surface area contributed by atoms with Gasteiger partial charge in [0.2, 0.25) is 10.0 Å². The van der Waals surface area contributed by atoms with Gasteiger partial charge in [0.15, 0.2) is 0 Å². The van der Waals surface area contributed by atoms with Gasteiger partial charge in [-0.15, -0.1) is 0 Å². The summed E-state index contributed by atoms with van der Waals surface area (Å²) in [6.07, 6.45) is 0. The Kier molecular flexibility index (Phi) is 4.78. The first-order valence-corrected chi connectivity index (χ1v) is 6.61. The highest BCUT2D eigenvalue weighted by Crippen LogP contribution is 2.27. The van der Waals surface area contributed by atoms with Crippen LogP contribution in [0.25, 0.3) is 0 Å². The Hall–Kier alpha value is -1.75. The van der Waals surface area contributed by atoms with Crippen LogP contribution in [0, 0.1) is 10.1 Å². The molecule has 0 aromatic heterocycles. The highest BCUT2D eigenvalue weighted by Gasteiger charge is 2.26. The molecule has 0 aliphatic rings. The third kappa shape index (κ3) is 3.17. The molecule has 0 amide bonds. The predicted octanol–water partition coefficient (Wildman–Crippen LogP) is -0.507. The summed E-state index contributed by atoms with van der Waals surface area (Å²) in [6, 6.07) is 3.26. The molecule has 0 unspecified atom stereocenters. The van der Waals surface area contributed by atoms with Crippen molar-refractivity contribution >= 4 is 21.4 Å². The van der Waals surface area contributed by atoms with E-state index in [2.05, 4.69) is 5.43 Å². The monoisotopic (exact) mass is 290 g/mol. The van der Waals surface area contributed by atoms with Gasteiger partial charge in [-0.2, -0.15) is 4.31 Å². The molecule has 0 fully saturated rings. The zero-order chi connectivity index (χ0) is 14.6. The molecule has 10 heteroatoms. The van der Waals surface area contributed by atoms with Crippen LogP contribution in [0.2, 0.25) is 0 Å². The van der Waals surface area contributed by atoms with Crippen LogP contribution in [-0.4, -0.2) is 43.0 Å². The Morgan fingerprint density at radius 3 is 2.63 bits per heavy atom. The molecular weight excluding hydrogens is 276 g/mol. The number of nitrogen functional groups attached to an aromatic ring is 1. The van der Waals surface area contributed by atoms with Crippen molar-refractivity contribution in [3.8, 4) is 0 Å². The molecule has 0 saturated heterocycles. The normalized spacial score (nSPS) is 11.6. The summed E-state index contributed by atoms with van der Waals surface area (Å²) in [4.78, 5) is 9.66. The summed E-state index contributed by atoms with van der Waals surface area (Å²) in [5.41, 5.74) is 1.85. The van der Waals surface area contributed by atoms with Gasteiger partial charge in [0.05, 0.1) is 17.2 Å². The fraction of sp³-hybridized carbons (Fsp3) is 0.333. The van der Waals surface area contributed by atoms with Gasteiger partial charge in [-0.3, -0.25) is 16.0 Å². The van der Waals surface area contributed by atoms with Gasteiger partial charge in [-0.05, 0) is 6.07 Å². The summed E-state index contributed by atoms with van der Waals surface area (Å²) >= 11 is 0. The second-order valence-corrected chi connectivity index (χ2v) is 5.65. The number of likely N-dealkylation sites (N-methyl/N-ethyl adjacent to an activating group) is 1. The van der Waals surface area contributed by atoms with E-state index >= 15 is 0 Å².